The molecule has 0 fully saturated rings. The minimum atomic E-state index is -0.557. The summed E-state index contributed by atoms with van der Waals surface area (Å²) >= 11 is 6.02. The highest BCUT2D eigenvalue weighted by Gasteiger charge is 2.23. The molecule has 0 heterocycles. The van der Waals surface area contributed by atoms with Gasteiger partial charge in [0.15, 0.2) is 0 Å². The molecule has 0 aromatic carbocycles. The Morgan fingerprint density at radius 1 is 1.50 bits per heavy atom. The summed E-state index contributed by atoms with van der Waals surface area (Å²) in [5.74, 6) is 0.295. The summed E-state index contributed by atoms with van der Waals surface area (Å²) in [7, 11) is 0. The van der Waals surface area contributed by atoms with Gasteiger partial charge in [0.2, 0.25) is 0 Å². The highest BCUT2D eigenvalue weighted by molar-refractivity contribution is 6.23. The van der Waals surface area contributed by atoms with Crippen LogP contribution in [0, 0.1) is 5.92 Å². The monoisotopic (exact) mass is 210 g/mol. The molecular formula is C8H16Cl2N2. The first kappa shape index (κ1) is 14.5. The van der Waals surface area contributed by atoms with E-state index in [9.17, 15) is 0 Å². The van der Waals surface area contributed by atoms with E-state index in [4.69, 9.17) is 11.6 Å². The van der Waals surface area contributed by atoms with Crippen molar-refractivity contribution >= 4 is 30.0 Å². The second kappa shape index (κ2) is 6.47. The average Bonchev–Trinajstić information content (AvgIpc) is 1.88. The van der Waals surface area contributed by atoms with Crippen LogP contribution in [0.5, 0.6) is 0 Å². The molecule has 0 saturated carbocycles. The van der Waals surface area contributed by atoms with Crippen LogP contribution in [0.4, 0.5) is 0 Å². The van der Waals surface area contributed by atoms with Crippen molar-refractivity contribution in [3.05, 3.63) is 0 Å². The Morgan fingerprint density at radius 3 is 2.33 bits per heavy atom. The second-order valence-corrected chi connectivity index (χ2v) is 3.63. The van der Waals surface area contributed by atoms with Crippen molar-refractivity contribution < 1.29 is 0 Å². The first-order valence-corrected chi connectivity index (χ1v) is 4.20. The lowest BCUT2D eigenvalue weighted by Crippen LogP contribution is -2.20. The van der Waals surface area contributed by atoms with Gasteiger partial charge in [-0.15, -0.1) is 12.4 Å². The number of nitrogens with zero attached hydrogens (tertiary/aromatic N) is 2. The number of halogens is 2. The van der Waals surface area contributed by atoms with Crippen molar-refractivity contribution in [3.8, 4) is 0 Å². The number of hydrogen-bond acceptors (Lipinski definition) is 2. The van der Waals surface area contributed by atoms with Crippen molar-refractivity contribution in [3.63, 3.8) is 0 Å². The van der Waals surface area contributed by atoms with Gasteiger partial charge in [-0.05, 0) is 19.8 Å². The van der Waals surface area contributed by atoms with Gasteiger partial charge in [0.05, 0.1) is 6.01 Å². The van der Waals surface area contributed by atoms with Crippen LogP contribution >= 0.6 is 24.0 Å². The molecule has 72 valence electrons. The first-order valence-electron chi connectivity index (χ1n) is 3.83. The molecule has 0 aliphatic carbocycles. The van der Waals surface area contributed by atoms with Crippen molar-refractivity contribution in [1.29, 1.82) is 0 Å². The zero-order chi connectivity index (χ0) is 8.91. The van der Waals surface area contributed by atoms with Gasteiger partial charge >= 0.3 is 0 Å². The lowest BCUT2D eigenvalue weighted by molar-refractivity contribution is 0.477. The van der Waals surface area contributed by atoms with Crippen LogP contribution in [-0.2, 0) is 0 Å². The fourth-order valence-corrected chi connectivity index (χ4v) is 0.371. The number of rotatable bonds is 3. The van der Waals surface area contributed by atoms with E-state index < -0.39 is 5.00 Å². The SMILES string of the molecule is CCN=C=NC(C)(Cl)C(C)C.Cl. The molecule has 0 aromatic rings. The predicted octanol–water partition coefficient (Wildman–Crippen LogP) is 3.21. The zero-order valence-electron chi connectivity index (χ0n) is 7.97. The van der Waals surface area contributed by atoms with Crippen LogP contribution in [0.1, 0.15) is 27.7 Å². The number of alkyl halides is 1. The van der Waals surface area contributed by atoms with Gasteiger partial charge < -0.3 is 0 Å². The van der Waals surface area contributed by atoms with Crippen LogP contribution < -0.4 is 0 Å². The van der Waals surface area contributed by atoms with Gasteiger partial charge in [0, 0.05) is 6.54 Å². The fraction of sp³-hybridized carbons (Fsp3) is 0.875. The maximum absolute atomic E-state index is 6.02. The van der Waals surface area contributed by atoms with Gasteiger partial charge in [-0.25, -0.2) is 9.98 Å². The van der Waals surface area contributed by atoms with Crippen molar-refractivity contribution in [2.45, 2.75) is 32.7 Å². The molecule has 1 unspecified atom stereocenters. The normalized spacial score (nSPS) is 14.2. The molecule has 0 bridgehead atoms. The highest BCUT2D eigenvalue weighted by Crippen LogP contribution is 2.24. The highest BCUT2D eigenvalue weighted by atomic mass is 35.5. The molecule has 0 aromatic heterocycles. The summed E-state index contributed by atoms with van der Waals surface area (Å²) < 4.78 is 0. The average molecular weight is 211 g/mol. The summed E-state index contributed by atoms with van der Waals surface area (Å²) in [4.78, 5) is 7.28. The summed E-state index contributed by atoms with van der Waals surface area (Å²) in [5, 5.41) is 0. The molecule has 0 spiro atoms. The smallest absolute Gasteiger partial charge is 0.144 e. The van der Waals surface area contributed by atoms with Crippen LogP contribution in [0.2, 0.25) is 0 Å². The third-order valence-corrected chi connectivity index (χ3v) is 2.07. The van der Waals surface area contributed by atoms with Crippen molar-refractivity contribution in [2.24, 2.45) is 15.9 Å². The van der Waals surface area contributed by atoms with E-state index in [2.05, 4.69) is 16.0 Å². The topological polar surface area (TPSA) is 24.7 Å². The van der Waals surface area contributed by atoms with Crippen LogP contribution in [-0.4, -0.2) is 17.6 Å². The molecule has 0 rings (SSSR count). The van der Waals surface area contributed by atoms with E-state index in [0.29, 0.717) is 12.5 Å². The number of hydrogen-bond donors (Lipinski definition) is 0. The molecule has 0 radical (unpaired) electrons. The van der Waals surface area contributed by atoms with Crippen LogP contribution in [0.3, 0.4) is 0 Å². The van der Waals surface area contributed by atoms with Crippen LogP contribution in [0.25, 0.3) is 0 Å². The molecule has 2 nitrogen and oxygen atoms in total. The zero-order valence-corrected chi connectivity index (χ0v) is 9.54. The third kappa shape index (κ3) is 5.59. The maximum atomic E-state index is 6.02. The molecule has 12 heavy (non-hydrogen) atoms. The molecule has 0 aliphatic heterocycles. The largest absolute Gasteiger partial charge is 0.226 e. The van der Waals surface area contributed by atoms with Gasteiger partial charge in [0.25, 0.3) is 0 Å². The van der Waals surface area contributed by atoms with Gasteiger partial charge in [-0.1, -0.05) is 25.4 Å². The summed E-state index contributed by atoms with van der Waals surface area (Å²) in [6, 6.07) is 2.57. The molecule has 1 atom stereocenters. The Labute approximate surface area is 85.5 Å². The fourth-order valence-electron chi connectivity index (χ4n) is 0.333. The van der Waals surface area contributed by atoms with E-state index in [1.807, 2.05) is 27.7 Å². The van der Waals surface area contributed by atoms with E-state index >= 15 is 0 Å². The van der Waals surface area contributed by atoms with E-state index in [-0.39, 0.29) is 12.4 Å². The molecule has 0 aliphatic rings. The van der Waals surface area contributed by atoms with Crippen LogP contribution in [0.15, 0.2) is 9.98 Å². The summed E-state index contributed by atoms with van der Waals surface area (Å²) in [6.07, 6.45) is 0. The van der Waals surface area contributed by atoms with E-state index in [1.165, 1.54) is 0 Å². The Morgan fingerprint density at radius 2 is 2.00 bits per heavy atom. The van der Waals surface area contributed by atoms with Gasteiger partial charge in [-0.2, -0.15) is 0 Å². The maximum Gasteiger partial charge on any atom is 0.144 e. The quantitative estimate of drug-likeness (QED) is 0.389. The van der Waals surface area contributed by atoms with Crippen molar-refractivity contribution in [1.82, 2.24) is 0 Å². The molecule has 0 saturated heterocycles. The molecule has 0 N–H and O–H groups in total. The lowest BCUT2D eigenvalue weighted by atomic mass is 10.1. The van der Waals surface area contributed by atoms with Crippen molar-refractivity contribution in [2.75, 3.05) is 6.54 Å². The third-order valence-electron chi connectivity index (χ3n) is 1.55. The Bertz CT molecular complexity index is 170. The Kier molecular flexibility index (Phi) is 7.81. The molecule has 0 amide bonds. The standard InChI is InChI=1S/C8H15ClN2.ClH/c1-5-10-6-11-8(4,9)7(2)3;/h7H,5H2,1-4H3;1H. The van der Waals surface area contributed by atoms with E-state index in [1.54, 1.807) is 0 Å². The number of aliphatic imine (C=N–C) groups is 2. The predicted molar refractivity (Wildman–Crippen MR) is 56.7 cm³/mol. The Hall–Kier alpha value is -0.0400. The minimum absolute atomic E-state index is 0. The summed E-state index contributed by atoms with van der Waals surface area (Å²) in [5.41, 5.74) is 0. The summed E-state index contributed by atoms with van der Waals surface area (Å²) in [6.45, 7) is 8.53. The van der Waals surface area contributed by atoms with Gasteiger partial charge in [0.1, 0.15) is 5.00 Å². The lowest BCUT2D eigenvalue weighted by Gasteiger charge is -2.18. The second-order valence-electron chi connectivity index (χ2n) is 2.86. The van der Waals surface area contributed by atoms with E-state index in [0.717, 1.165) is 0 Å². The first-order chi connectivity index (χ1) is 5.00. The Balaban J connectivity index is 0. The minimum Gasteiger partial charge on any atom is -0.226 e. The molecule has 4 heteroatoms. The van der Waals surface area contributed by atoms with Gasteiger partial charge in [-0.3, -0.25) is 0 Å². The molecular weight excluding hydrogens is 195 g/mol.